The summed E-state index contributed by atoms with van der Waals surface area (Å²) in [6.07, 6.45) is 2.26. The van der Waals surface area contributed by atoms with Gasteiger partial charge in [-0.15, -0.1) is 5.10 Å². The summed E-state index contributed by atoms with van der Waals surface area (Å²) in [4.78, 5) is 24.2. The number of likely N-dealkylation sites (tertiary alicyclic amines) is 1. The summed E-state index contributed by atoms with van der Waals surface area (Å²) >= 11 is 0. The van der Waals surface area contributed by atoms with Gasteiger partial charge in [-0.25, -0.2) is 4.68 Å². The van der Waals surface area contributed by atoms with Crippen molar-refractivity contribution in [3.05, 3.63) is 5.82 Å². The van der Waals surface area contributed by atoms with Crippen molar-refractivity contribution in [2.45, 2.75) is 32.2 Å². The van der Waals surface area contributed by atoms with Gasteiger partial charge in [0.1, 0.15) is 6.54 Å². The van der Waals surface area contributed by atoms with E-state index in [4.69, 9.17) is 5.11 Å². The molecule has 1 aliphatic heterocycles. The minimum Gasteiger partial charge on any atom is -0.481 e. The van der Waals surface area contributed by atoms with E-state index in [0.29, 0.717) is 5.82 Å². The average molecular weight is 253 g/mol. The van der Waals surface area contributed by atoms with E-state index in [2.05, 4.69) is 15.5 Å². The molecule has 1 amide bonds. The van der Waals surface area contributed by atoms with E-state index in [1.807, 2.05) is 0 Å². The van der Waals surface area contributed by atoms with Gasteiger partial charge in [-0.1, -0.05) is 0 Å². The van der Waals surface area contributed by atoms with Crippen molar-refractivity contribution in [2.24, 2.45) is 0 Å². The third kappa shape index (κ3) is 3.02. The first-order valence-corrected chi connectivity index (χ1v) is 5.91. The minimum absolute atomic E-state index is 0.0172. The summed E-state index contributed by atoms with van der Waals surface area (Å²) in [6, 6.07) is 0. The summed E-state index contributed by atoms with van der Waals surface area (Å²) in [5, 5.41) is 19.5. The number of carbonyl (C=O) groups excluding carboxylic acids is 1. The van der Waals surface area contributed by atoms with Gasteiger partial charge in [0.15, 0.2) is 5.82 Å². The van der Waals surface area contributed by atoms with Crippen molar-refractivity contribution in [1.82, 2.24) is 25.1 Å². The van der Waals surface area contributed by atoms with Crippen LogP contribution in [0.1, 0.15) is 25.1 Å². The van der Waals surface area contributed by atoms with Gasteiger partial charge >= 0.3 is 5.97 Å². The molecule has 1 aromatic heterocycles. The third-order valence-electron chi connectivity index (χ3n) is 2.91. The van der Waals surface area contributed by atoms with Crippen LogP contribution in [0.2, 0.25) is 0 Å². The number of carboxylic acid groups (broad SMARTS) is 1. The number of carbonyl (C=O) groups is 2. The predicted molar refractivity (Wildman–Crippen MR) is 59.6 cm³/mol. The average Bonchev–Trinajstić information content (AvgIpc) is 2.97. The van der Waals surface area contributed by atoms with Gasteiger partial charge in [-0.3, -0.25) is 9.59 Å². The molecule has 0 aliphatic carbocycles. The maximum atomic E-state index is 11.9. The SMILES string of the molecule is O=C(O)CCc1nnnn1CC(=O)N1CCCC1. The molecule has 0 atom stereocenters. The standard InChI is InChI=1S/C10H15N5O3/c16-9(14-5-1-2-6-14)7-15-8(11-12-13-15)3-4-10(17)18/h1-7H2,(H,17,18). The monoisotopic (exact) mass is 253 g/mol. The molecule has 0 spiro atoms. The quantitative estimate of drug-likeness (QED) is 0.745. The lowest BCUT2D eigenvalue weighted by atomic mass is 10.3. The first kappa shape index (κ1) is 12.5. The van der Waals surface area contributed by atoms with Crippen molar-refractivity contribution < 1.29 is 14.7 Å². The van der Waals surface area contributed by atoms with E-state index in [0.717, 1.165) is 25.9 Å². The molecule has 8 heteroatoms. The van der Waals surface area contributed by atoms with Crippen LogP contribution in [0, 0.1) is 0 Å². The van der Waals surface area contributed by atoms with Crippen LogP contribution in [0.3, 0.4) is 0 Å². The molecule has 0 aromatic carbocycles. The fourth-order valence-electron chi connectivity index (χ4n) is 1.94. The first-order chi connectivity index (χ1) is 8.66. The zero-order valence-electron chi connectivity index (χ0n) is 9.95. The van der Waals surface area contributed by atoms with E-state index in [1.165, 1.54) is 4.68 Å². The van der Waals surface area contributed by atoms with E-state index < -0.39 is 5.97 Å². The number of tetrazole rings is 1. The van der Waals surface area contributed by atoms with Crippen LogP contribution in [0.5, 0.6) is 0 Å². The number of aromatic nitrogens is 4. The molecule has 2 heterocycles. The van der Waals surface area contributed by atoms with Gasteiger partial charge in [0, 0.05) is 19.5 Å². The maximum Gasteiger partial charge on any atom is 0.303 e. The van der Waals surface area contributed by atoms with E-state index in [1.54, 1.807) is 4.90 Å². The smallest absolute Gasteiger partial charge is 0.303 e. The summed E-state index contributed by atoms with van der Waals surface area (Å²) in [7, 11) is 0. The number of hydrogen-bond acceptors (Lipinski definition) is 5. The summed E-state index contributed by atoms with van der Waals surface area (Å²) in [6.45, 7) is 1.65. The highest BCUT2D eigenvalue weighted by Gasteiger charge is 2.20. The van der Waals surface area contributed by atoms with Gasteiger partial charge in [0.25, 0.3) is 0 Å². The third-order valence-corrected chi connectivity index (χ3v) is 2.91. The van der Waals surface area contributed by atoms with Gasteiger partial charge in [0.2, 0.25) is 5.91 Å². The van der Waals surface area contributed by atoms with E-state index >= 15 is 0 Å². The van der Waals surface area contributed by atoms with Crippen LogP contribution < -0.4 is 0 Å². The Morgan fingerprint density at radius 3 is 2.67 bits per heavy atom. The number of nitrogens with zero attached hydrogens (tertiary/aromatic N) is 5. The molecular weight excluding hydrogens is 238 g/mol. The maximum absolute atomic E-state index is 11.9. The van der Waals surface area contributed by atoms with Crippen molar-refractivity contribution in [3.8, 4) is 0 Å². The zero-order chi connectivity index (χ0) is 13.0. The molecule has 0 unspecified atom stereocenters. The lowest BCUT2D eigenvalue weighted by molar-refractivity contribution is -0.137. The Morgan fingerprint density at radius 1 is 1.28 bits per heavy atom. The molecule has 1 fully saturated rings. The molecule has 1 N–H and O–H groups in total. The van der Waals surface area contributed by atoms with Crippen LogP contribution >= 0.6 is 0 Å². The fraction of sp³-hybridized carbons (Fsp3) is 0.700. The number of amides is 1. The highest BCUT2D eigenvalue weighted by molar-refractivity contribution is 5.76. The number of aliphatic carboxylic acids is 1. The Hall–Kier alpha value is -1.99. The number of hydrogen-bond donors (Lipinski definition) is 1. The van der Waals surface area contributed by atoms with Gasteiger partial charge in [-0.05, 0) is 23.3 Å². The van der Waals surface area contributed by atoms with Crippen LogP contribution in [0.4, 0.5) is 0 Å². The largest absolute Gasteiger partial charge is 0.481 e. The molecule has 2 rings (SSSR count). The van der Waals surface area contributed by atoms with Crippen LogP contribution in [0.15, 0.2) is 0 Å². The molecule has 0 bridgehead atoms. The van der Waals surface area contributed by atoms with Gasteiger partial charge in [-0.2, -0.15) is 0 Å². The Morgan fingerprint density at radius 2 is 2.00 bits per heavy atom. The highest BCUT2D eigenvalue weighted by Crippen LogP contribution is 2.08. The van der Waals surface area contributed by atoms with Gasteiger partial charge in [0.05, 0.1) is 6.42 Å². The van der Waals surface area contributed by atoms with Crippen molar-refractivity contribution >= 4 is 11.9 Å². The number of rotatable bonds is 5. The van der Waals surface area contributed by atoms with Gasteiger partial charge < -0.3 is 10.0 Å². The van der Waals surface area contributed by atoms with Crippen molar-refractivity contribution in [1.29, 1.82) is 0 Å². The topological polar surface area (TPSA) is 101 Å². The summed E-state index contributed by atoms with van der Waals surface area (Å²) in [5.74, 6) is -0.489. The van der Waals surface area contributed by atoms with Crippen molar-refractivity contribution in [2.75, 3.05) is 13.1 Å². The highest BCUT2D eigenvalue weighted by atomic mass is 16.4. The summed E-state index contributed by atoms with van der Waals surface area (Å²) < 4.78 is 1.38. The summed E-state index contributed by atoms with van der Waals surface area (Å²) in [5.41, 5.74) is 0. The molecule has 18 heavy (non-hydrogen) atoms. The van der Waals surface area contributed by atoms with E-state index in [9.17, 15) is 9.59 Å². The molecule has 98 valence electrons. The molecule has 0 saturated carbocycles. The Balaban J connectivity index is 1.94. The predicted octanol–water partition coefficient (Wildman–Crippen LogP) is -0.687. The minimum atomic E-state index is -0.907. The molecule has 8 nitrogen and oxygen atoms in total. The second-order valence-corrected chi connectivity index (χ2v) is 4.23. The normalized spacial score (nSPS) is 15.0. The van der Waals surface area contributed by atoms with Crippen molar-refractivity contribution in [3.63, 3.8) is 0 Å². The Labute approximate surface area is 104 Å². The lowest BCUT2D eigenvalue weighted by Gasteiger charge is -2.15. The van der Waals surface area contributed by atoms with Crippen LogP contribution in [0.25, 0.3) is 0 Å². The molecule has 1 aliphatic rings. The first-order valence-electron chi connectivity index (χ1n) is 5.91. The van der Waals surface area contributed by atoms with E-state index in [-0.39, 0.29) is 25.3 Å². The zero-order valence-corrected chi connectivity index (χ0v) is 9.95. The van der Waals surface area contributed by atoms with Crippen LogP contribution in [-0.4, -0.2) is 55.2 Å². The fourth-order valence-corrected chi connectivity index (χ4v) is 1.94. The number of carboxylic acids is 1. The number of aryl methyl sites for hydroxylation is 1. The second kappa shape index (κ2) is 5.56. The second-order valence-electron chi connectivity index (χ2n) is 4.23. The Bertz CT molecular complexity index is 438. The van der Waals surface area contributed by atoms with Crippen LogP contribution in [-0.2, 0) is 22.6 Å². The molecular formula is C10H15N5O3. The Kier molecular flexibility index (Phi) is 3.85. The molecule has 1 aromatic rings. The molecule has 0 radical (unpaired) electrons. The lowest BCUT2D eigenvalue weighted by Crippen LogP contribution is -2.32. The molecule has 1 saturated heterocycles.